The molecule has 0 saturated carbocycles. The normalized spacial score (nSPS) is 21.8. The van der Waals surface area contributed by atoms with Crippen molar-refractivity contribution in [2.45, 2.75) is 33.2 Å². The number of hydrazine groups is 1. The van der Waals surface area contributed by atoms with Crippen LogP contribution >= 0.6 is 11.8 Å². The number of rotatable bonds is 7. The molecule has 0 bridgehead atoms. The molecule has 1 atom stereocenters. The van der Waals surface area contributed by atoms with Gasteiger partial charge in [-0.05, 0) is 39.3 Å². The van der Waals surface area contributed by atoms with Crippen LogP contribution in [0, 0.1) is 5.41 Å². The average molecular weight is 346 g/mol. The van der Waals surface area contributed by atoms with E-state index in [1.54, 1.807) is 11.8 Å². The second kappa shape index (κ2) is 9.01. The first-order valence-electron chi connectivity index (χ1n) is 8.28. The topological polar surface area (TPSA) is 63.5 Å². The predicted octanol–water partition coefficient (Wildman–Crippen LogP) is 3.22. The van der Waals surface area contributed by atoms with Crippen molar-refractivity contribution in [3.05, 3.63) is 45.9 Å². The van der Waals surface area contributed by atoms with Crippen molar-refractivity contribution in [1.82, 2.24) is 15.8 Å². The molecule has 3 N–H and O–H groups in total. The SMILES string of the molecule is CC=C(S/C=C\C)C1=NCC(C(=N)/C=C\C)=C2CC(NNC)CN12. The van der Waals surface area contributed by atoms with Gasteiger partial charge in [0.15, 0.2) is 0 Å². The molecule has 0 spiro atoms. The maximum atomic E-state index is 8.32. The van der Waals surface area contributed by atoms with Crippen molar-refractivity contribution >= 4 is 23.3 Å². The molecule has 2 heterocycles. The summed E-state index contributed by atoms with van der Waals surface area (Å²) in [7, 11) is 1.89. The summed E-state index contributed by atoms with van der Waals surface area (Å²) in [6, 6.07) is 0.312. The standard InChI is InChI=1S/C18H27N5S/c1-5-8-15(19)14-11-21-18(17(7-3)24-9-6-2)23-12-13(22-20-4)10-16(14)23/h5-9,13,19-20,22H,10-12H2,1-4H3/b8-5-,9-6-,17-7?,19-15?. The van der Waals surface area contributed by atoms with E-state index >= 15 is 0 Å². The van der Waals surface area contributed by atoms with Crippen molar-refractivity contribution in [2.75, 3.05) is 20.1 Å². The van der Waals surface area contributed by atoms with E-state index in [4.69, 9.17) is 10.4 Å². The second-order valence-corrected chi connectivity index (χ2v) is 6.57. The van der Waals surface area contributed by atoms with E-state index in [-0.39, 0.29) is 0 Å². The Labute approximate surface area is 149 Å². The van der Waals surface area contributed by atoms with Gasteiger partial charge in [0.25, 0.3) is 0 Å². The summed E-state index contributed by atoms with van der Waals surface area (Å²) < 4.78 is 0. The first kappa shape index (κ1) is 18.7. The molecule has 0 aliphatic carbocycles. The number of nitrogens with one attached hydrogen (secondary N) is 3. The summed E-state index contributed by atoms with van der Waals surface area (Å²) in [5.41, 5.74) is 9.16. The zero-order valence-electron chi connectivity index (χ0n) is 14.9. The molecular formula is C18H27N5S. The summed E-state index contributed by atoms with van der Waals surface area (Å²) in [4.78, 5) is 8.25. The quantitative estimate of drug-likeness (QED) is 0.490. The third kappa shape index (κ3) is 4.06. The maximum Gasteiger partial charge on any atom is 0.142 e. The summed E-state index contributed by atoms with van der Waals surface area (Å²) in [5.74, 6) is 1.02. The lowest BCUT2D eigenvalue weighted by molar-refractivity contribution is 0.453. The van der Waals surface area contributed by atoms with Gasteiger partial charge in [-0.3, -0.25) is 15.8 Å². The first-order valence-corrected chi connectivity index (χ1v) is 9.16. The number of nitrogens with zero attached hydrogens (tertiary/aromatic N) is 2. The Morgan fingerprint density at radius 2 is 2.12 bits per heavy atom. The fourth-order valence-corrected chi connectivity index (χ4v) is 3.68. The molecule has 1 saturated heterocycles. The summed E-state index contributed by atoms with van der Waals surface area (Å²) in [5, 5.41) is 10.4. The fourth-order valence-electron chi connectivity index (χ4n) is 2.98. The molecule has 5 nitrogen and oxygen atoms in total. The molecule has 2 aliphatic rings. The Hall–Kier alpha value is -1.63. The largest absolute Gasteiger partial charge is 0.327 e. The highest BCUT2D eigenvalue weighted by Gasteiger charge is 2.35. The van der Waals surface area contributed by atoms with E-state index in [0.717, 1.165) is 29.3 Å². The van der Waals surface area contributed by atoms with Crippen LogP contribution in [0.3, 0.4) is 0 Å². The highest BCUT2D eigenvalue weighted by atomic mass is 32.2. The molecule has 6 heteroatoms. The van der Waals surface area contributed by atoms with Crippen LogP contribution in [0.5, 0.6) is 0 Å². The molecule has 0 radical (unpaired) electrons. The molecule has 2 aliphatic heterocycles. The minimum Gasteiger partial charge on any atom is -0.327 e. The van der Waals surface area contributed by atoms with Gasteiger partial charge in [-0.1, -0.05) is 30.0 Å². The molecule has 0 aromatic carbocycles. The molecule has 1 unspecified atom stereocenters. The van der Waals surface area contributed by atoms with Gasteiger partial charge >= 0.3 is 0 Å². The van der Waals surface area contributed by atoms with E-state index in [1.165, 1.54) is 5.70 Å². The lowest BCUT2D eigenvalue weighted by atomic mass is 10.0. The van der Waals surface area contributed by atoms with Crippen LogP contribution in [0.15, 0.2) is 50.9 Å². The molecule has 24 heavy (non-hydrogen) atoms. The zero-order valence-corrected chi connectivity index (χ0v) is 15.7. The maximum absolute atomic E-state index is 8.32. The summed E-state index contributed by atoms with van der Waals surface area (Å²) in [6.45, 7) is 7.45. The molecule has 0 aromatic heterocycles. The number of aliphatic imine (C=N–C) groups is 1. The van der Waals surface area contributed by atoms with Crippen LogP contribution in [0.1, 0.15) is 27.2 Å². The van der Waals surface area contributed by atoms with E-state index in [1.807, 2.05) is 39.1 Å². The van der Waals surface area contributed by atoms with E-state index in [2.05, 4.69) is 34.2 Å². The van der Waals surface area contributed by atoms with Gasteiger partial charge in [0.1, 0.15) is 5.84 Å². The lowest BCUT2D eigenvalue weighted by Gasteiger charge is -2.29. The molecule has 2 rings (SSSR count). The minimum absolute atomic E-state index is 0.312. The zero-order chi connectivity index (χ0) is 17.5. The van der Waals surface area contributed by atoms with Crippen molar-refractivity contribution in [1.29, 1.82) is 5.41 Å². The smallest absolute Gasteiger partial charge is 0.142 e. The third-order valence-corrected chi connectivity index (χ3v) is 5.06. The molecular weight excluding hydrogens is 318 g/mol. The van der Waals surface area contributed by atoms with E-state index in [0.29, 0.717) is 18.3 Å². The van der Waals surface area contributed by atoms with Crippen LogP contribution in [0.4, 0.5) is 0 Å². The molecule has 1 fully saturated rings. The van der Waals surface area contributed by atoms with Crippen molar-refractivity contribution in [2.24, 2.45) is 4.99 Å². The van der Waals surface area contributed by atoms with Gasteiger partial charge in [-0.15, -0.1) is 0 Å². The van der Waals surface area contributed by atoms with Crippen molar-refractivity contribution < 1.29 is 0 Å². The van der Waals surface area contributed by atoms with E-state index in [9.17, 15) is 0 Å². The second-order valence-electron chi connectivity index (χ2n) is 5.62. The van der Waals surface area contributed by atoms with Crippen LogP contribution in [-0.4, -0.2) is 42.6 Å². The third-order valence-electron chi connectivity index (χ3n) is 3.98. The Morgan fingerprint density at radius 3 is 2.75 bits per heavy atom. The van der Waals surface area contributed by atoms with Crippen LogP contribution < -0.4 is 10.9 Å². The minimum atomic E-state index is 0.312. The number of amidine groups is 1. The highest BCUT2D eigenvalue weighted by molar-refractivity contribution is 8.06. The Balaban J connectivity index is 2.35. The molecule has 130 valence electrons. The summed E-state index contributed by atoms with van der Waals surface area (Å²) in [6.07, 6.45) is 8.82. The predicted molar refractivity (Wildman–Crippen MR) is 105 cm³/mol. The van der Waals surface area contributed by atoms with Crippen molar-refractivity contribution in [3.63, 3.8) is 0 Å². The number of allylic oxidation sites excluding steroid dienone is 4. The van der Waals surface area contributed by atoms with Crippen molar-refractivity contribution in [3.8, 4) is 0 Å². The summed E-state index contributed by atoms with van der Waals surface area (Å²) >= 11 is 1.69. The average Bonchev–Trinajstić information content (AvgIpc) is 2.99. The fraction of sp³-hybridized carbons (Fsp3) is 0.444. The van der Waals surface area contributed by atoms with Gasteiger partial charge in [0.05, 0.1) is 12.3 Å². The van der Waals surface area contributed by atoms with Gasteiger partial charge in [-0.25, -0.2) is 0 Å². The van der Waals surface area contributed by atoms with Gasteiger partial charge in [-0.2, -0.15) is 0 Å². The van der Waals surface area contributed by atoms with Crippen LogP contribution in [0.2, 0.25) is 0 Å². The Bertz CT molecular complexity index is 627. The first-order chi connectivity index (χ1) is 11.7. The molecule has 0 amide bonds. The Kier molecular flexibility index (Phi) is 7.02. The number of fused-ring (bicyclic) bond motifs is 1. The molecule has 0 aromatic rings. The highest BCUT2D eigenvalue weighted by Crippen LogP contribution is 2.34. The van der Waals surface area contributed by atoms with Gasteiger partial charge < -0.3 is 10.3 Å². The number of thioether (sulfide) groups is 1. The van der Waals surface area contributed by atoms with Gasteiger partial charge in [0.2, 0.25) is 0 Å². The lowest BCUT2D eigenvalue weighted by Crippen LogP contribution is -2.41. The van der Waals surface area contributed by atoms with Gasteiger partial charge in [0, 0.05) is 35.2 Å². The van der Waals surface area contributed by atoms with Crippen LogP contribution in [0.25, 0.3) is 0 Å². The number of hydrogen-bond acceptors (Lipinski definition) is 6. The van der Waals surface area contributed by atoms with E-state index < -0.39 is 0 Å². The monoisotopic (exact) mass is 345 g/mol. The Morgan fingerprint density at radius 1 is 1.33 bits per heavy atom. The number of hydrogen-bond donors (Lipinski definition) is 3. The van der Waals surface area contributed by atoms with Crippen LogP contribution in [-0.2, 0) is 0 Å².